The Morgan fingerprint density at radius 1 is 1.28 bits per heavy atom. The smallest absolute Gasteiger partial charge is 0.336 e. The molecule has 3 rings (SSSR count). The molecule has 0 fully saturated rings. The summed E-state index contributed by atoms with van der Waals surface area (Å²) in [4.78, 5) is 27.6. The van der Waals surface area contributed by atoms with Crippen molar-refractivity contribution in [2.24, 2.45) is 0 Å². The molecule has 0 saturated heterocycles. The molecule has 0 saturated carbocycles. The van der Waals surface area contributed by atoms with Gasteiger partial charge in [0.1, 0.15) is 11.3 Å². The zero-order chi connectivity index (χ0) is 17.8. The number of amides is 1. The maximum atomic E-state index is 12.0. The van der Waals surface area contributed by atoms with E-state index in [2.05, 4.69) is 10.3 Å². The van der Waals surface area contributed by atoms with Crippen molar-refractivity contribution in [2.75, 3.05) is 6.61 Å². The number of aromatic nitrogens is 1. The van der Waals surface area contributed by atoms with Crippen LogP contribution in [0.15, 0.2) is 51.9 Å². The molecule has 0 aliphatic carbocycles. The first-order chi connectivity index (χ1) is 12.0. The number of nitrogens with zero attached hydrogens (tertiary/aromatic N) is 1. The largest absolute Gasteiger partial charge is 0.483 e. The predicted octanol–water partition coefficient (Wildman–Crippen LogP) is 2.50. The highest BCUT2D eigenvalue weighted by molar-refractivity contribution is 5.88. The van der Waals surface area contributed by atoms with Crippen molar-refractivity contribution in [1.82, 2.24) is 10.3 Å². The van der Waals surface area contributed by atoms with Crippen molar-refractivity contribution in [3.63, 3.8) is 0 Å². The van der Waals surface area contributed by atoms with Gasteiger partial charge in [0.25, 0.3) is 5.91 Å². The average Bonchev–Trinajstić information content (AvgIpc) is 2.57. The highest BCUT2D eigenvalue weighted by atomic mass is 16.5. The second kappa shape index (κ2) is 7.17. The Bertz CT molecular complexity index is 964. The Hall–Kier alpha value is -3.15. The number of nitrogens with one attached hydrogen (secondary N) is 1. The minimum absolute atomic E-state index is 0.128. The molecule has 128 valence electrons. The van der Waals surface area contributed by atoms with E-state index in [0.29, 0.717) is 23.3 Å². The molecule has 0 aliphatic heterocycles. The van der Waals surface area contributed by atoms with E-state index in [9.17, 15) is 9.59 Å². The van der Waals surface area contributed by atoms with Gasteiger partial charge in [-0.15, -0.1) is 0 Å². The second-order valence-corrected chi connectivity index (χ2v) is 5.81. The van der Waals surface area contributed by atoms with Gasteiger partial charge in [0.2, 0.25) is 0 Å². The maximum Gasteiger partial charge on any atom is 0.336 e. The predicted molar refractivity (Wildman–Crippen MR) is 93.5 cm³/mol. The molecule has 1 amide bonds. The molecule has 0 radical (unpaired) electrons. The number of rotatable bonds is 5. The van der Waals surface area contributed by atoms with Gasteiger partial charge in [-0.3, -0.25) is 9.78 Å². The molecule has 2 aromatic heterocycles. The molecule has 6 nitrogen and oxygen atoms in total. The summed E-state index contributed by atoms with van der Waals surface area (Å²) in [6.07, 6.45) is 3.37. The first-order valence-corrected chi connectivity index (χ1v) is 7.86. The molecule has 2 heterocycles. The third-order valence-electron chi connectivity index (χ3n) is 3.72. The van der Waals surface area contributed by atoms with Gasteiger partial charge in [0.05, 0.1) is 5.39 Å². The monoisotopic (exact) mass is 338 g/mol. The van der Waals surface area contributed by atoms with Crippen molar-refractivity contribution in [3.05, 3.63) is 69.8 Å². The van der Waals surface area contributed by atoms with Crippen LogP contribution in [0.3, 0.4) is 0 Å². The van der Waals surface area contributed by atoms with Gasteiger partial charge in [0, 0.05) is 25.0 Å². The van der Waals surface area contributed by atoms with Crippen LogP contribution in [0.2, 0.25) is 0 Å². The Morgan fingerprint density at radius 3 is 2.88 bits per heavy atom. The number of ether oxygens (including phenoxy) is 1. The summed E-state index contributed by atoms with van der Waals surface area (Å²) in [6, 6.07) is 8.71. The molecule has 0 bridgehead atoms. The summed E-state index contributed by atoms with van der Waals surface area (Å²) in [5.74, 6) is 0.279. The van der Waals surface area contributed by atoms with Gasteiger partial charge < -0.3 is 14.5 Å². The fraction of sp³-hybridized carbons (Fsp3) is 0.211. The summed E-state index contributed by atoms with van der Waals surface area (Å²) in [7, 11) is 0. The lowest BCUT2D eigenvalue weighted by Gasteiger charge is -2.12. The average molecular weight is 338 g/mol. The number of hydrogen-bond acceptors (Lipinski definition) is 5. The van der Waals surface area contributed by atoms with Crippen LogP contribution in [-0.2, 0) is 11.3 Å². The number of fused-ring (bicyclic) bond motifs is 1. The third-order valence-corrected chi connectivity index (χ3v) is 3.72. The van der Waals surface area contributed by atoms with E-state index >= 15 is 0 Å². The van der Waals surface area contributed by atoms with Crippen LogP contribution in [0.5, 0.6) is 5.75 Å². The van der Waals surface area contributed by atoms with Crippen molar-refractivity contribution in [3.8, 4) is 5.75 Å². The fourth-order valence-electron chi connectivity index (χ4n) is 2.59. The normalized spacial score (nSPS) is 10.6. The van der Waals surface area contributed by atoms with Gasteiger partial charge in [-0.25, -0.2) is 4.79 Å². The molecule has 0 atom stereocenters. The Labute approximate surface area is 144 Å². The minimum Gasteiger partial charge on any atom is -0.483 e. The van der Waals surface area contributed by atoms with Crippen molar-refractivity contribution >= 4 is 16.9 Å². The number of benzene rings is 1. The van der Waals surface area contributed by atoms with Gasteiger partial charge >= 0.3 is 5.63 Å². The van der Waals surface area contributed by atoms with Gasteiger partial charge in [-0.2, -0.15) is 0 Å². The van der Waals surface area contributed by atoms with E-state index < -0.39 is 5.63 Å². The lowest BCUT2D eigenvalue weighted by atomic mass is 10.1. The zero-order valence-corrected chi connectivity index (χ0v) is 14.0. The Kier molecular flexibility index (Phi) is 4.79. The number of carbonyl (C=O) groups excluding carboxylic acids is 1. The highest BCUT2D eigenvalue weighted by Gasteiger charge is 2.11. The van der Waals surface area contributed by atoms with Crippen molar-refractivity contribution in [2.45, 2.75) is 20.4 Å². The maximum absolute atomic E-state index is 12.0. The highest BCUT2D eigenvalue weighted by Crippen LogP contribution is 2.29. The molecule has 6 heteroatoms. The van der Waals surface area contributed by atoms with E-state index in [1.807, 2.05) is 32.0 Å². The Morgan fingerprint density at radius 2 is 2.12 bits per heavy atom. The quantitative estimate of drug-likeness (QED) is 0.723. The van der Waals surface area contributed by atoms with E-state index in [-0.39, 0.29) is 12.5 Å². The van der Waals surface area contributed by atoms with Crippen LogP contribution in [0, 0.1) is 13.8 Å². The lowest BCUT2D eigenvalue weighted by molar-refractivity contribution is -0.123. The summed E-state index contributed by atoms with van der Waals surface area (Å²) in [5.41, 5.74) is 2.59. The van der Waals surface area contributed by atoms with Gasteiger partial charge in [-0.05, 0) is 48.7 Å². The summed E-state index contributed by atoms with van der Waals surface area (Å²) in [6.45, 7) is 3.94. The number of hydrogen-bond donors (Lipinski definition) is 1. The Balaban J connectivity index is 1.72. The molecular weight excluding hydrogens is 320 g/mol. The first kappa shape index (κ1) is 16.7. The van der Waals surface area contributed by atoms with Crippen molar-refractivity contribution in [1.29, 1.82) is 0 Å². The number of aryl methyl sites for hydroxylation is 2. The number of carbonyl (C=O) groups is 1. The van der Waals surface area contributed by atoms with Crippen LogP contribution in [-0.4, -0.2) is 17.5 Å². The molecule has 0 spiro atoms. The number of pyridine rings is 1. The summed E-state index contributed by atoms with van der Waals surface area (Å²) >= 11 is 0. The molecular formula is C19H18N2O4. The molecule has 3 aromatic rings. The standard InChI is InChI=1S/C19H18N2O4/c1-12-6-15(19-13(2)8-18(23)25-16(19)7-12)24-11-17(22)21-10-14-4-3-5-20-9-14/h3-9H,10-11H2,1-2H3,(H,21,22). The van der Waals surface area contributed by atoms with Crippen LogP contribution in [0.25, 0.3) is 11.0 Å². The second-order valence-electron chi connectivity index (χ2n) is 5.81. The third kappa shape index (κ3) is 4.03. The molecule has 0 aliphatic rings. The van der Waals surface area contributed by atoms with Crippen LogP contribution in [0.4, 0.5) is 0 Å². The van der Waals surface area contributed by atoms with E-state index in [4.69, 9.17) is 9.15 Å². The van der Waals surface area contributed by atoms with E-state index in [1.165, 1.54) is 6.07 Å². The topological polar surface area (TPSA) is 81.4 Å². The van der Waals surface area contributed by atoms with E-state index in [1.54, 1.807) is 18.5 Å². The SMILES string of the molecule is Cc1cc(OCC(=O)NCc2cccnc2)c2c(C)cc(=O)oc2c1. The first-order valence-electron chi connectivity index (χ1n) is 7.86. The van der Waals surface area contributed by atoms with E-state index in [0.717, 1.165) is 16.7 Å². The van der Waals surface area contributed by atoms with Crippen LogP contribution >= 0.6 is 0 Å². The fourth-order valence-corrected chi connectivity index (χ4v) is 2.59. The molecule has 1 aromatic carbocycles. The molecule has 25 heavy (non-hydrogen) atoms. The van der Waals surface area contributed by atoms with Crippen LogP contribution < -0.4 is 15.7 Å². The summed E-state index contributed by atoms with van der Waals surface area (Å²) < 4.78 is 10.9. The minimum atomic E-state index is -0.407. The van der Waals surface area contributed by atoms with Gasteiger partial charge in [-0.1, -0.05) is 6.07 Å². The van der Waals surface area contributed by atoms with Gasteiger partial charge in [0.15, 0.2) is 6.61 Å². The zero-order valence-electron chi connectivity index (χ0n) is 14.0. The summed E-state index contributed by atoms with van der Waals surface area (Å²) in [5, 5.41) is 3.48. The molecule has 1 N–H and O–H groups in total. The lowest BCUT2D eigenvalue weighted by Crippen LogP contribution is -2.28. The van der Waals surface area contributed by atoms with Crippen LogP contribution in [0.1, 0.15) is 16.7 Å². The molecule has 0 unspecified atom stereocenters. The van der Waals surface area contributed by atoms with Crippen molar-refractivity contribution < 1.29 is 13.9 Å².